The second-order valence-corrected chi connectivity index (χ2v) is 5.96. The first kappa shape index (κ1) is 14.4. The smallest absolute Gasteiger partial charge is 0.321 e. The fourth-order valence-electron chi connectivity index (χ4n) is 3.50. The normalized spacial score (nSPS) is 25.0. The number of likely N-dealkylation sites (tertiary alicyclic amines) is 1. The van der Waals surface area contributed by atoms with Crippen LogP contribution < -0.4 is 4.74 Å². The maximum Gasteiger partial charge on any atom is 0.321 e. The summed E-state index contributed by atoms with van der Waals surface area (Å²) in [5, 5.41) is 19.0. The number of ether oxygens (including phenoxy) is 1. The molecule has 1 heterocycles. The lowest BCUT2D eigenvalue weighted by atomic mass is 10.0. The predicted molar refractivity (Wildman–Crippen MR) is 77.5 cm³/mol. The number of aryl methyl sites for hydroxylation is 2. The van der Waals surface area contributed by atoms with E-state index < -0.39 is 18.1 Å². The van der Waals surface area contributed by atoms with Crippen LogP contribution >= 0.6 is 0 Å². The molecule has 1 aliphatic carbocycles. The molecule has 21 heavy (non-hydrogen) atoms. The molecule has 3 rings (SSSR count). The van der Waals surface area contributed by atoms with Crippen molar-refractivity contribution in [2.75, 3.05) is 13.7 Å². The van der Waals surface area contributed by atoms with Crippen molar-refractivity contribution in [3.05, 3.63) is 28.8 Å². The number of hydrogen-bond acceptors (Lipinski definition) is 4. The molecular weight excluding hydrogens is 270 g/mol. The van der Waals surface area contributed by atoms with Crippen LogP contribution in [0.1, 0.15) is 29.5 Å². The van der Waals surface area contributed by atoms with Crippen LogP contribution in [0.3, 0.4) is 0 Å². The molecule has 5 heteroatoms. The van der Waals surface area contributed by atoms with Crippen molar-refractivity contribution in [1.29, 1.82) is 0 Å². The van der Waals surface area contributed by atoms with Gasteiger partial charge in [-0.2, -0.15) is 0 Å². The Morgan fingerprint density at radius 2 is 2.10 bits per heavy atom. The number of aliphatic carboxylic acids is 1. The highest BCUT2D eigenvalue weighted by Gasteiger charge is 2.36. The van der Waals surface area contributed by atoms with E-state index in [2.05, 4.69) is 12.1 Å². The monoisotopic (exact) mass is 291 g/mol. The minimum Gasteiger partial charge on any atom is -0.496 e. The third kappa shape index (κ3) is 2.76. The summed E-state index contributed by atoms with van der Waals surface area (Å²) in [7, 11) is 1.65. The minimum atomic E-state index is -0.869. The van der Waals surface area contributed by atoms with E-state index in [0.29, 0.717) is 19.5 Å². The number of fused-ring (bicyclic) bond motifs is 1. The lowest BCUT2D eigenvalue weighted by molar-refractivity contribution is -0.142. The lowest BCUT2D eigenvalue weighted by Gasteiger charge is -2.22. The standard InChI is InChI=1S/C16H21NO4/c1-21-15-6-11-4-2-3-10(11)5-12(15)8-17-9-13(18)7-14(17)16(19)20/h5-6,13-14,18H,2-4,7-9H2,1H3,(H,19,20)/t13-,14+/m1/s1. The highest BCUT2D eigenvalue weighted by molar-refractivity contribution is 5.74. The van der Waals surface area contributed by atoms with E-state index in [4.69, 9.17) is 4.74 Å². The number of nitrogens with zero attached hydrogens (tertiary/aromatic N) is 1. The summed E-state index contributed by atoms with van der Waals surface area (Å²) in [6, 6.07) is 3.61. The highest BCUT2D eigenvalue weighted by atomic mass is 16.5. The Hall–Kier alpha value is -1.59. The molecule has 0 saturated carbocycles. The van der Waals surface area contributed by atoms with Gasteiger partial charge in [0.1, 0.15) is 11.8 Å². The maximum absolute atomic E-state index is 11.3. The number of rotatable bonds is 4. The van der Waals surface area contributed by atoms with E-state index in [0.717, 1.165) is 24.2 Å². The van der Waals surface area contributed by atoms with E-state index >= 15 is 0 Å². The second kappa shape index (κ2) is 5.66. The first-order valence-electron chi connectivity index (χ1n) is 7.42. The number of carboxylic acids is 1. The van der Waals surface area contributed by atoms with Crippen LogP contribution in [0, 0.1) is 0 Å². The zero-order valence-corrected chi connectivity index (χ0v) is 12.2. The molecule has 1 fully saturated rings. The van der Waals surface area contributed by atoms with Gasteiger partial charge in [-0.05, 0) is 36.5 Å². The largest absolute Gasteiger partial charge is 0.496 e. The second-order valence-electron chi connectivity index (χ2n) is 5.96. The van der Waals surface area contributed by atoms with Gasteiger partial charge in [0.25, 0.3) is 0 Å². The number of carbonyl (C=O) groups is 1. The number of aliphatic hydroxyl groups is 1. The van der Waals surface area contributed by atoms with Gasteiger partial charge in [-0.1, -0.05) is 6.07 Å². The number of aliphatic hydroxyl groups excluding tert-OH is 1. The Kier molecular flexibility index (Phi) is 3.87. The number of carboxylic acid groups (broad SMARTS) is 1. The Bertz CT molecular complexity index is 557. The predicted octanol–water partition coefficient (Wildman–Crippen LogP) is 1.20. The van der Waals surface area contributed by atoms with Crippen molar-refractivity contribution < 1.29 is 19.7 Å². The van der Waals surface area contributed by atoms with Gasteiger partial charge in [0.2, 0.25) is 0 Å². The van der Waals surface area contributed by atoms with Crippen LogP contribution in [0.5, 0.6) is 5.75 Å². The van der Waals surface area contributed by atoms with Crippen LogP contribution in [0.2, 0.25) is 0 Å². The topological polar surface area (TPSA) is 70.0 Å². The van der Waals surface area contributed by atoms with E-state index in [1.165, 1.54) is 17.5 Å². The number of benzene rings is 1. The third-order valence-electron chi connectivity index (χ3n) is 4.53. The third-order valence-corrected chi connectivity index (χ3v) is 4.53. The molecule has 114 valence electrons. The molecule has 1 saturated heterocycles. The van der Waals surface area contributed by atoms with E-state index in [1.807, 2.05) is 4.90 Å². The SMILES string of the molecule is COc1cc2c(cc1CN1C[C@H](O)C[C@H]1C(=O)O)CCC2. The molecule has 0 spiro atoms. The first-order chi connectivity index (χ1) is 10.1. The zero-order chi connectivity index (χ0) is 15.0. The summed E-state index contributed by atoms with van der Waals surface area (Å²) in [6.07, 6.45) is 3.07. The Morgan fingerprint density at radius 3 is 2.76 bits per heavy atom. The Labute approximate surface area is 124 Å². The van der Waals surface area contributed by atoms with Gasteiger partial charge in [-0.25, -0.2) is 0 Å². The summed E-state index contributed by atoms with van der Waals surface area (Å²) >= 11 is 0. The summed E-state index contributed by atoms with van der Waals surface area (Å²) in [5.41, 5.74) is 3.70. The van der Waals surface area contributed by atoms with Crippen molar-refractivity contribution in [3.63, 3.8) is 0 Å². The van der Waals surface area contributed by atoms with Crippen LogP contribution in [-0.4, -0.2) is 46.9 Å². The van der Waals surface area contributed by atoms with Gasteiger partial charge in [0, 0.05) is 25.1 Å². The zero-order valence-electron chi connectivity index (χ0n) is 12.2. The molecule has 0 aromatic heterocycles. The van der Waals surface area contributed by atoms with Gasteiger partial charge in [0.05, 0.1) is 13.2 Å². The number of hydrogen-bond donors (Lipinski definition) is 2. The summed E-state index contributed by atoms with van der Waals surface area (Å²) in [5.74, 6) is -0.0483. The molecule has 2 aliphatic rings. The van der Waals surface area contributed by atoms with Gasteiger partial charge >= 0.3 is 5.97 Å². The molecule has 0 bridgehead atoms. The van der Waals surface area contributed by atoms with Crippen LogP contribution in [-0.2, 0) is 24.2 Å². The van der Waals surface area contributed by atoms with Gasteiger partial charge in [-0.15, -0.1) is 0 Å². The average molecular weight is 291 g/mol. The fraction of sp³-hybridized carbons (Fsp3) is 0.562. The fourth-order valence-corrected chi connectivity index (χ4v) is 3.50. The summed E-state index contributed by atoms with van der Waals surface area (Å²) in [4.78, 5) is 13.1. The van der Waals surface area contributed by atoms with Crippen molar-refractivity contribution in [3.8, 4) is 5.75 Å². The molecule has 1 aromatic rings. The van der Waals surface area contributed by atoms with E-state index in [9.17, 15) is 15.0 Å². The number of β-amino-alcohol motifs (C(OH)–C–C–N with tert-alkyl or cyclic N) is 1. The van der Waals surface area contributed by atoms with E-state index in [-0.39, 0.29) is 0 Å². The molecule has 1 aromatic carbocycles. The van der Waals surface area contributed by atoms with Gasteiger partial charge < -0.3 is 14.9 Å². The molecule has 2 N–H and O–H groups in total. The number of methoxy groups -OCH3 is 1. The van der Waals surface area contributed by atoms with Gasteiger partial charge in [-0.3, -0.25) is 9.69 Å². The minimum absolute atomic E-state index is 0.294. The molecular formula is C16H21NO4. The quantitative estimate of drug-likeness (QED) is 0.872. The lowest BCUT2D eigenvalue weighted by Crippen LogP contribution is -2.35. The summed E-state index contributed by atoms with van der Waals surface area (Å²) < 4.78 is 5.47. The van der Waals surface area contributed by atoms with Crippen molar-refractivity contribution in [1.82, 2.24) is 4.90 Å². The first-order valence-corrected chi connectivity index (χ1v) is 7.42. The maximum atomic E-state index is 11.3. The van der Waals surface area contributed by atoms with Crippen molar-refractivity contribution >= 4 is 5.97 Å². The Balaban J connectivity index is 1.85. The summed E-state index contributed by atoms with van der Waals surface area (Å²) in [6.45, 7) is 0.904. The molecule has 0 unspecified atom stereocenters. The van der Waals surface area contributed by atoms with Gasteiger partial charge in [0.15, 0.2) is 0 Å². The molecule has 0 amide bonds. The van der Waals surface area contributed by atoms with Crippen LogP contribution in [0.4, 0.5) is 0 Å². The van der Waals surface area contributed by atoms with Crippen LogP contribution in [0.25, 0.3) is 0 Å². The highest BCUT2D eigenvalue weighted by Crippen LogP contribution is 2.32. The van der Waals surface area contributed by atoms with E-state index in [1.54, 1.807) is 7.11 Å². The average Bonchev–Trinajstić information content (AvgIpc) is 3.03. The van der Waals surface area contributed by atoms with Crippen LogP contribution in [0.15, 0.2) is 12.1 Å². The molecule has 5 nitrogen and oxygen atoms in total. The molecule has 0 radical (unpaired) electrons. The van der Waals surface area contributed by atoms with Crippen molar-refractivity contribution in [2.24, 2.45) is 0 Å². The molecule has 2 atom stereocenters. The van der Waals surface area contributed by atoms with Crippen molar-refractivity contribution in [2.45, 2.75) is 44.4 Å². The Morgan fingerprint density at radius 1 is 1.38 bits per heavy atom. The molecule has 1 aliphatic heterocycles.